The number of unbranched alkanes of at least 4 members (excludes halogenated alkanes) is 3. The molecule has 0 atom stereocenters. The maximum Gasteiger partial charge on any atom is 0.255 e. The van der Waals surface area contributed by atoms with Gasteiger partial charge in [-0.1, -0.05) is 36.8 Å². The predicted octanol–water partition coefficient (Wildman–Crippen LogP) is 5.47. The lowest BCUT2D eigenvalue weighted by Crippen LogP contribution is -2.11. The van der Waals surface area contributed by atoms with Crippen molar-refractivity contribution in [3.63, 3.8) is 0 Å². The van der Waals surface area contributed by atoms with E-state index in [1.165, 1.54) is 0 Å². The topological polar surface area (TPSA) is 47.6 Å². The summed E-state index contributed by atoms with van der Waals surface area (Å²) in [6, 6.07) is 16.7. The average molecular weight is 367 g/mol. The summed E-state index contributed by atoms with van der Waals surface area (Å²) >= 11 is 0. The van der Waals surface area contributed by atoms with Gasteiger partial charge in [-0.15, -0.1) is 0 Å². The van der Waals surface area contributed by atoms with Crippen LogP contribution in [0.1, 0.15) is 43.0 Å². The average Bonchev–Trinajstić information content (AvgIpc) is 2.67. The number of hydrogen-bond acceptors (Lipinski definition) is 3. The summed E-state index contributed by atoms with van der Waals surface area (Å²) in [6.07, 6.45) is 4.33. The Kier molecular flexibility index (Phi) is 9.14. The van der Waals surface area contributed by atoms with Gasteiger partial charge in [0.25, 0.3) is 5.91 Å². The third-order valence-corrected chi connectivity index (χ3v) is 3.95. The molecule has 4 nitrogen and oxygen atoms in total. The molecule has 2 aromatic carbocycles. The quantitative estimate of drug-likeness (QED) is 0.400. The van der Waals surface area contributed by atoms with Gasteiger partial charge in [0.15, 0.2) is 0 Å². The molecule has 0 aromatic heterocycles. The van der Waals surface area contributed by atoms with Crippen molar-refractivity contribution < 1.29 is 14.3 Å². The molecular weight excluding hydrogens is 338 g/mol. The second kappa shape index (κ2) is 11.9. The Labute approximate surface area is 162 Å². The minimum Gasteiger partial charge on any atom is -0.494 e. The zero-order valence-corrected chi connectivity index (χ0v) is 16.1. The van der Waals surface area contributed by atoms with Crippen LogP contribution in [0.2, 0.25) is 0 Å². The van der Waals surface area contributed by atoms with Crippen molar-refractivity contribution in [2.45, 2.75) is 32.6 Å². The number of hydrogen-bond donors (Lipinski definition) is 1. The smallest absolute Gasteiger partial charge is 0.255 e. The number of rotatable bonds is 12. The summed E-state index contributed by atoms with van der Waals surface area (Å²) in [7, 11) is 0. The summed E-state index contributed by atoms with van der Waals surface area (Å²) in [5.41, 5.74) is 2.46. The molecule has 0 bridgehead atoms. The van der Waals surface area contributed by atoms with Crippen molar-refractivity contribution in [2.24, 2.45) is 0 Å². The van der Waals surface area contributed by atoms with Crippen LogP contribution < -0.4 is 10.1 Å². The molecule has 4 heteroatoms. The molecule has 0 aliphatic heterocycles. The summed E-state index contributed by atoms with van der Waals surface area (Å²) < 4.78 is 11.2. The first-order valence-electron chi connectivity index (χ1n) is 9.46. The van der Waals surface area contributed by atoms with Gasteiger partial charge >= 0.3 is 0 Å². The number of para-hydroxylation sites is 1. The van der Waals surface area contributed by atoms with Crippen molar-refractivity contribution in [1.82, 2.24) is 0 Å². The van der Waals surface area contributed by atoms with Crippen LogP contribution in [0.3, 0.4) is 0 Å². The molecule has 0 radical (unpaired) electrons. The first-order valence-corrected chi connectivity index (χ1v) is 9.46. The van der Waals surface area contributed by atoms with Crippen LogP contribution >= 0.6 is 0 Å². The summed E-state index contributed by atoms with van der Waals surface area (Å²) in [5.74, 6) is 0.665. The molecule has 1 N–H and O–H groups in total. The Bertz CT molecular complexity index is 695. The summed E-state index contributed by atoms with van der Waals surface area (Å²) in [6.45, 7) is 7.91. The molecule has 0 heterocycles. The van der Waals surface area contributed by atoms with E-state index >= 15 is 0 Å². The molecule has 0 spiro atoms. The SMILES string of the molecule is C=C(C)COCCCCCCOc1ccc(C(=O)Nc2ccccc2)cc1. The molecule has 0 aliphatic carbocycles. The zero-order valence-electron chi connectivity index (χ0n) is 16.1. The fourth-order valence-corrected chi connectivity index (χ4v) is 2.52. The van der Waals surface area contributed by atoms with Crippen LogP contribution in [-0.4, -0.2) is 25.7 Å². The van der Waals surface area contributed by atoms with E-state index in [1.54, 1.807) is 12.1 Å². The number of amides is 1. The van der Waals surface area contributed by atoms with Crippen LogP contribution in [0.5, 0.6) is 5.75 Å². The Morgan fingerprint density at radius 3 is 2.26 bits per heavy atom. The number of nitrogens with one attached hydrogen (secondary N) is 1. The highest BCUT2D eigenvalue weighted by atomic mass is 16.5. The minimum absolute atomic E-state index is 0.124. The Morgan fingerprint density at radius 1 is 0.926 bits per heavy atom. The molecule has 0 fully saturated rings. The Morgan fingerprint density at radius 2 is 1.59 bits per heavy atom. The van der Waals surface area contributed by atoms with Crippen LogP contribution in [0.4, 0.5) is 5.69 Å². The first-order chi connectivity index (χ1) is 13.1. The lowest BCUT2D eigenvalue weighted by atomic mass is 10.2. The van der Waals surface area contributed by atoms with Crippen molar-refractivity contribution in [2.75, 3.05) is 25.1 Å². The monoisotopic (exact) mass is 367 g/mol. The Hall–Kier alpha value is -2.59. The molecule has 0 saturated carbocycles. The number of anilines is 1. The lowest BCUT2D eigenvalue weighted by molar-refractivity contribution is 0.102. The van der Waals surface area contributed by atoms with Gasteiger partial charge in [-0.25, -0.2) is 0 Å². The fraction of sp³-hybridized carbons (Fsp3) is 0.348. The van der Waals surface area contributed by atoms with E-state index in [0.717, 1.165) is 49.3 Å². The molecule has 2 aromatic rings. The highest BCUT2D eigenvalue weighted by Crippen LogP contribution is 2.15. The molecule has 0 unspecified atom stereocenters. The molecule has 0 saturated heterocycles. The minimum atomic E-state index is -0.124. The second-order valence-electron chi connectivity index (χ2n) is 6.62. The lowest BCUT2D eigenvalue weighted by Gasteiger charge is -2.08. The first kappa shape index (κ1) is 20.7. The molecule has 2 rings (SSSR count). The van der Waals surface area contributed by atoms with Gasteiger partial charge in [0.2, 0.25) is 0 Å². The highest BCUT2D eigenvalue weighted by Gasteiger charge is 2.06. The van der Waals surface area contributed by atoms with E-state index in [-0.39, 0.29) is 5.91 Å². The van der Waals surface area contributed by atoms with Crippen LogP contribution in [0, 0.1) is 0 Å². The Balaban J connectivity index is 1.60. The third-order valence-electron chi connectivity index (χ3n) is 3.95. The van der Waals surface area contributed by atoms with Crippen molar-refractivity contribution in [3.8, 4) is 5.75 Å². The van der Waals surface area contributed by atoms with E-state index < -0.39 is 0 Å². The van der Waals surface area contributed by atoms with Gasteiger partial charge in [-0.2, -0.15) is 0 Å². The van der Waals surface area contributed by atoms with Crippen LogP contribution in [0.15, 0.2) is 66.7 Å². The van der Waals surface area contributed by atoms with E-state index in [1.807, 2.05) is 49.4 Å². The zero-order chi connectivity index (χ0) is 19.3. The number of benzene rings is 2. The fourth-order valence-electron chi connectivity index (χ4n) is 2.52. The second-order valence-corrected chi connectivity index (χ2v) is 6.62. The van der Waals surface area contributed by atoms with Crippen molar-refractivity contribution in [3.05, 3.63) is 72.3 Å². The van der Waals surface area contributed by atoms with Crippen molar-refractivity contribution >= 4 is 11.6 Å². The maximum atomic E-state index is 12.2. The highest BCUT2D eigenvalue weighted by molar-refractivity contribution is 6.04. The van der Waals surface area contributed by atoms with Crippen LogP contribution in [-0.2, 0) is 4.74 Å². The van der Waals surface area contributed by atoms with E-state index in [0.29, 0.717) is 18.8 Å². The van der Waals surface area contributed by atoms with E-state index in [2.05, 4.69) is 11.9 Å². The van der Waals surface area contributed by atoms with E-state index in [4.69, 9.17) is 9.47 Å². The van der Waals surface area contributed by atoms with Gasteiger partial charge in [-0.05, 0) is 62.6 Å². The van der Waals surface area contributed by atoms with Gasteiger partial charge in [0.05, 0.1) is 13.2 Å². The number of ether oxygens (including phenoxy) is 2. The standard InChI is InChI=1S/C23H29NO3/c1-19(2)18-26-16-8-3-4-9-17-27-22-14-12-20(13-15-22)23(25)24-21-10-6-5-7-11-21/h5-7,10-15H,1,3-4,8-9,16-18H2,2H3,(H,24,25). The normalized spacial score (nSPS) is 10.4. The van der Waals surface area contributed by atoms with Crippen molar-refractivity contribution in [1.29, 1.82) is 0 Å². The molecule has 27 heavy (non-hydrogen) atoms. The van der Waals surface area contributed by atoms with Gasteiger partial charge < -0.3 is 14.8 Å². The molecular formula is C23H29NO3. The molecule has 144 valence electrons. The number of carbonyl (C=O) groups excluding carboxylic acids is 1. The number of carbonyl (C=O) groups is 1. The van der Waals surface area contributed by atoms with Gasteiger partial charge in [-0.3, -0.25) is 4.79 Å². The van der Waals surface area contributed by atoms with Crippen LogP contribution in [0.25, 0.3) is 0 Å². The van der Waals surface area contributed by atoms with Gasteiger partial charge in [0, 0.05) is 17.9 Å². The van der Waals surface area contributed by atoms with E-state index in [9.17, 15) is 4.79 Å². The summed E-state index contributed by atoms with van der Waals surface area (Å²) in [5, 5.41) is 2.87. The maximum absolute atomic E-state index is 12.2. The molecule has 1 amide bonds. The largest absolute Gasteiger partial charge is 0.494 e. The van der Waals surface area contributed by atoms with Gasteiger partial charge in [0.1, 0.15) is 5.75 Å². The summed E-state index contributed by atoms with van der Waals surface area (Å²) in [4.78, 5) is 12.2. The third kappa shape index (κ3) is 8.56. The predicted molar refractivity (Wildman–Crippen MR) is 110 cm³/mol. The molecule has 0 aliphatic rings.